The van der Waals surface area contributed by atoms with Crippen LogP contribution in [-0.2, 0) is 24.2 Å². The molecule has 0 unspecified atom stereocenters. The lowest BCUT2D eigenvalue weighted by Crippen LogP contribution is -2.28. The summed E-state index contributed by atoms with van der Waals surface area (Å²) < 4.78 is 1.36. The molecule has 0 atom stereocenters. The van der Waals surface area contributed by atoms with Gasteiger partial charge in [-0.15, -0.1) is 0 Å². The molecule has 0 radical (unpaired) electrons. The number of fused-ring (bicyclic) bond motifs is 1. The van der Waals surface area contributed by atoms with Gasteiger partial charge in [0.05, 0.1) is 17.2 Å². The first-order valence-corrected chi connectivity index (χ1v) is 8.90. The summed E-state index contributed by atoms with van der Waals surface area (Å²) in [5.41, 5.74) is 4.47. The summed E-state index contributed by atoms with van der Waals surface area (Å²) in [5.74, 6) is -0.225. The molecule has 1 N–H and O–H groups in total. The third-order valence-electron chi connectivity index (χ3n) is 4.63. The van der Waals surface area contributed by atoms with E-state index in [0.717, 1.165) is 35.2 Å². The van der Waals surface area contributed by atoms with E-state index in [1.165, 1.54) is 10.9 Å². The summed E-state index contributed by atoms with van der Waals surface area (Å²) in [7, 11) is 0. The van der Waals surface area contributed by atoms with Crippen LogP contribution in [0, 0.1) is 6.92 Å². The van der Waals surface area contributed by atoms with Crippen molar-refractivity contribution in [1.82, 2.24) is 9.55 Å². The summed E-state index contributed by atoms with van der Waals surface area (Å²) >= 11 is 0. The monoisotopic (exact) mass is 349 g/mol. The molecule has 0 fully saturated rings. The van der Waals surface area contributed by atoms with Crippen LogP contribution in [0.1, 0.15) is 30.5 Å². The number of aromatic nitrogens is 2. The van der Waals surface area contributed by atoms with Crippen molar-refractivity contribution in [3.63, 3.8) is 0 Å². The van der Waals surface area contributed by atoms with Crippen molar-refractivity contribution in [2.45, 2.75) is 40.2 Å². The number of benzene rings is 2. The summed E-state index contributed by atoms with van der Waals surface area (Å²) in [4.78, 5) is 29.6. The zero-order valence-corrected chi connectivity index (χ0v) is 15.4. The molecule has 3 aromatic rings. The smallest absolute Gasteiger partial charge is 0.261 e. The Morgan fingerprint density at radius 1 is 1.08 bits per heavy atom. The number of hydrogen-bond donors (Lipinski definition) is 1. The molecule has 5 heteroatoms. The number of anilines is 1. The average molecular weight is 349 g/mol. The van der Waals surface area contributed by atoms with E-state index in [0.29, 0.717) is 10.9 Å². The molecule has 1 heterocycles. The second-order valence-corrected chi connectivity index (χ2v) is 6.36. The summed E-state index contributed by atoms with van der Waals surface area (Å²) in [6, 6.07) is 11.5. The number of amides is 1. The molecule has 26 heavy (non-hydrogen) atoms. The Morgan fingerprint density at radius 3 is 2.38 bits per heavy atom. The number of nitrogens with one attached hydrogen (secondary N) is 1. The van der Waals surface area contributed by atoms with Gasteiger partial charge in [0.15, 0.2) is 0 Å². The van der Waals surface area contributed by atoms with E-state index in [1.54, 1.807) is 6.07 Å². The van der Waals surface area contributed by atoms with Gasteiger partial charge in [-0.2, -0.15) is 0 Å². The van der Waals surface area contributed by atoms with E-state index in [1.807, 2.05) is 37.3 Å². The largest absolute Gasteiger partial charge is 0.324 e. The Hall–Kier alpha value is -2.95. The Morgan fingerprint density at radius 2 is 1.73 bits per heavy atom. The van der Waals surface area contributed by atoms with Gasteiger partial charge in [-0.25, -0.2) is 4.98 Å². The third-order valence-corrected chi connectivity index (χ3v) is 4.63. The minimum Gasteiger partial charge on any atom is -0.324 e. The molecule has 1 amide bonds. The van der Waals surface area contributed by atoms with Gasteiger partial charge in [0.25, 0.3) is 5.56 Å². The maximum Gasteiger partial charge on any atom is 0.261 e. The topological polar surface area (TPSA) is 64.0 Å². The molecule has 3 rings (SSSR count). The Kier molecular flexibility index (Phi) is 5.16. The van der Waals surface area contributed by atoms with Crippen LogP contribution in [0.25, 0.3) is 10.9 Å². The molecule has 0 saturated carbocycles. The first kappa shape index (κ1) is 17.9. The highest BCUT2D eigenvalue weighted by molar-refractivity contribution is 5.92. The quantitative estimate of drug-likeness (QED) is 0.767. The molecule has 1 aromatic heterocycles. The predicted molar refractivity (Wildman–Crippen MR) is 105 cm³/mol. The molecule has 0 aliphatic carbocycles. The standard InChI is InChI=1S/C21H23N3O2/c1-4-15-9-7-10-16(5-2)20(15)23-18(25)12-24-13-22-19-14(3)8-6-11-17(19)21(24)26/h6-11,13H,4-5,12H2,1-3H3,(H,23,25). The van der Waals surface area contributed by atoms with Crippen LogP contribution >= 0.6 is 0 Å². The molecule has 0 aliphatic rings. The highest BCUT2D eigenvalue weighted by Gasteiger charge is 2.12. The van der Waals surface area contributed by atoms with Crippen molar-refractivity contribution in [1.29, 1.82) is 0 Å². The average Bonchev–Trinajstić information content (AvgIpc) is 2.64. The molecule has 2 aromatic carbocycles. The van der Waals surface area contributed by atoms with Crippen LogP contribution in [0.4, 0.5) is 5.69 Å². The highest BCUT2D eigenvalue weighted by Crippen LogP contribution is 2.22. The normalized spacial score (nSPS) is 10.9. The number of rotatable bonds is 5. The molecular weight excluding hydrogens is 326 g/mol. The molecule has 0 spiro atoms. The van der Waals surface area contributed by atoms with Crippen molar-refractivity contribution in [3.8, 4) is 0 Å². The van der Waals surface area contributed by atoms with E-state index in [9.17, 15) is 9.59 Å². The molecule has 0 saturated heterocycles. The van der Waals surface area contributed by atoms with Gasteiger partial charge in [-0.3, -0.25) is 14.2 Å². The zero-order chi connectivity index (χ0) is 18.7. The first-order chi connectivity index (χ1) is 12.5. The van der Waals surface area contributed by atoms with Crippen molar-refractivity contribution >= 4 is 22.5 Å². The maximum atomic E-state index is 12.7. The van der Waals surface area contributed by atoms with E-state index in [4.69, 9.17) is 0 Å². The molecular formula is C21H23N3O2. The molecule has 0 aliphatic heterocycles. The van der Waals surface area contributed by atoms with Crippen molar-refractivity contribution in [3.05, 3.63) is 69.8 Å². The zero-order valence-electron chi connectivity index (χ0n) is 15.4. The minimum atomic E-state index is -0.225. The minimum absolute atomic E-state index is 0.0586. The van der Waals surface area contributed by atoms with Crippen LogP contribution in [0.15, 0.2) is 47.5 Å². The lowest BCUT2D eigenvalue weighted by Gasteiger charge is -2.15. The fourth-order valence-corrected chi connectivity index (χ4v) is 3.19. The number of aryl methyl sites for hydroxylation is 3. The van der Waals surface area contributed by atoms with Gasteiger partial charge in [0, 0.05) is 5.69 Å². The first-order valence-electron chi connectivity index (χ1n) is 8.90. The van der Waals surface area contributed by atoms with E-state index < -0.39 is 0 Å². The molecule has 134 valence electrons. The number of para-hydroxylation sites is 2. The summed E-state index contributed by atoms with van der Waals surface area (Å²) in [6.07, 6.45) is 3.12. The highest BCUT2D eigenvalue weighted by atomic mass is 16.2. The lowest BCUT2D eigenvalue weighted by atomic mass is 10.0. The van der Waals surface area contributed by atoms with E-state index >= 15 is 0 Å². The van der Waals surface area contributed by atoms with Gasteiger partial charge >= 0.3 is 0 Å². The summed E-state index contributed by atoms with van der Waals surface area (Å²) in [6.45, 7) is 5.98. The van der Waals surface area contributed by atoms with Crippen LogP contribution < -0.4 is 10.9 Å². The number of hydrogen-bond acceptors (Lipinski definition) is 3. The number of nitrogens with zero attached hydrogens (tertiary/aromatic N) is 2. The van der Waals surface area contributed by atoms with Crippen LogP contribution in [-0.4, -0.2) is 15.5 Å². The Balaban J connectivity index is 1.89. The number of carbonyl (C=O) groups excluding carboxylic acids is 1. The van der Waals surface area contributed by atoms with Crippen LogP contribution in [0.5, 0.6) is 0 Å². The van der Waals surface area contributed by atoms with Crippen molar-refractivity contribution in [2.24, 2.45) is 0 Å². The second-order valence-electron chi connectivity index (χ2n) is 6.36. The third kappa shape index (κ3) is 3.38. The fraction of sp³-hybridized carbons (Fsp3) is 0.286. The van der Waals surface area contributed by atoms with Gasteiger partial charge in [0.2, 0.25) is 5.91 Å². The lowest BCUT2D eigenvalue weighted by molar-refractivity contribution is -0.116. The predicted octanol–water partition coefficient (Wildman–Crippen LogP) is 3.47. The Labute approximate surface area is 152 Å². The summed E-state index contributed by atoms with van der Waals surface area (Å²) in [5, 5.41) is 3.52. The van der Waals surface area contributed by atoms with Gasteiger partial charge < -0.3 is 5.32 Å². The van der Waals surface area contributed by atoms with Gasteiger partial charge in [-0.1, -0.05) is 44.2 Å². The Bertz CT molecular complexity index is 999. The van der Waals surface area contributed by atoms with Crippen LogP contribution in [0.2, 0.25) is 0 Å². The van der Waals surface area contributed by atoms with E-state index in [2.05, 4.69) is 24.1 Å². The maximum absolute atomic E-state index is 12.7. The second kappa shape index (κ2) is 7.52. The van der Waals surface area contributed by atoms with E-state index in [-0.39, 0.29) is 18.0 Å². The van der Waals surface area contributed by atoms with Gasteiger partial charge in [-0.05, 0) is 42.5 Å². The molecule has 0 bridgehead atoms. The number of carbonyl (C=O) groups is 1. The SMILES string of the molecule is CCc1cccc(CC)c1NC(=O)Cn1cnc2c(C)cccc2c1=O. The van der Waals surface area contributed by atoms with Crippen molar-refractivity contribution < 1.29 is 4.79 Å². The fourth-order valence-electron chi connectivity index (χ4n) is 3.19. The molecule has 5 nitrogen and oxygen atoms in total. The van der Waals surface area contributed by atoms with Crippen molar-refractivity contribution in [2.75, 3.05) is 5.32 Å². The van der Waals surface area contributed by atoms with Crippen LogP contribution in [0.3, 0.4) is 0 Å². The van der Waals surface area contributed by atoms with Gasteiger partial charge in [0.1, 0.15) is 6.54 Å².